The second-order valence-electron chi connectivity index (χ2n) is 17.2. The Balaban J connectivity index is 0.977. The highest BCUT2D eigenvalue weighted by Gasteiger charge is 2.53. The first-order chi connectivity index (χ1) is 30.0. The van der Waals surface area contributed by atoms with Crippen molar-refractivity contribution in [3.63, 3.8) is 0 Å². The van der Waals surface area contributed by atoms with Crippen LogP contribution in [0.25, 0.3) is 64.4 Å². The molecule has 0 N–H and O–H groups in total. The zero-order valence-electron chi connectivity index (χ0n) is 33.8. The van der Waals surface area contributed by atoms with E-state index in [1.54, 1.807) is 0 Å². The van der Waals surface area contributed by atoms with Gasteiger partial charge in [0.2, 0.25) is 0 Å². The molecule has 13 rings (SSSR count). The number of fused-ring (bicyclic) bond motifs is 15. The maximum Gasteiger partial charge on any atom is 0.135 e. The van der Waals surface area contributed by atoms with Gasteiger partial charge in [-0.1, -0.05) is 153 Å². The third-order valence-corrected chi connectivity index (χ3v) is 14.9. The van der Waals surface area contributed by atoms with Crippen LogP contribution in [0.15, 0.2) is 205 Å². The average molecular weight is 798 g/mol. The second kappa shape index (κ2) is 12.7. The van der Waals surface area contributed by atoms with Crippen LogP contribution in [0, 0.1) is 0 Å². The van der Waals surface area contributed by atoms with E-state index in [9.17, 15) is 0 Å². The number of rotatable bonds is 4. The van der Waals surface area contributed by atoms with Gasteiger partial charge in [0.05, 0.1) is 5.41 Å². The zero-order chi connectivity index (χ0) is 40.5. The van der Waals surface area contributed by atoms with Crippen molar-refractivity contribution in [1.82, 2.24) is 0 Å². The molecule has 2 heterocycles. The fraction of sp³-hybridized carbons (Fsp3) is 0.0690. The third-order valence-electron chi connectivity index (χ3n) is 13.8. The van der Waals surface area contributed by atoms with Crippen molar-refractivity contribution in [2.45, 2.75) is 24.7 Å². The van der Waals surface area contributed by atoms with Crippen LogP contribution in [0.3, 0.4) is 0 Å². The van der Waals surface area contributed by atoms with Gasteiger partial charge in [0.15, 0.2) is 0 Å². The Labute approximate surface area is 358 Å². The predicted molar refractivity (Wildman–Crippen MR) is 256 cm³/mol. The highest BCUT2D eigenvalue weighted by Crippen LogP contribution is 2.62. The first-order valence-corrected chi connectivity index (χ1v) is 22.0. The van der Waals surface area contributed by atoms with Gasteiger partial charge in [-0.05, 0) is 116 Å². The molecule has 0 saturated heterocycles. The van der Waals surface area contributed by atoms with Crippen molar-refractivity contribution in [1.29, 1.82) is 0 Å². The minimum Gasteiger partial charge on any atom is -0.456 e. The van der Waals surface area contributed by atoms with Gasteiger partial charge in [-0.2, -0.15) is 0 Å². The molecule has 0 radical (unpaired) electrons. The number of hydrogen-bond donors (Lipinski definition) is 0. The van der Waals surface area contributed by atoms with Crippen molar-refractivity contribution in [2.24, 2.45) is 0 Å². The summed E-state index contributed by atoms with van der Waals surface area (Å²) in [5.74, 6) is 0. The second-order valence-corrected chi connectivity index (χ2v) is 18.3. The zero-order valence-corrected chi connectivity index (χ0v) is 34.6. The first-order valence-electron chi connectivity index (χ1n) is 21.2. The molecule has 1 spiro atoms. The Bertz CT molecular complexity index is 3540. The highest BCUT2D eigenvalue weighted by molar-refractivity contribution is 7.25. The van der Waals surface area contributed by atoms with Gasteiger partial charge in [-0.3, -0.25) is 0 Å². The summed E-state index contributed by atoms with van der Waals surface area (Å²) in [4.78, 5) is 2.39. The van der Waals surface area contributed by atoms with Gasteiger partial charge in [-0.25, -0.2) is 0 Å². The average Bonchev–Trinajstić information content (AvgIpc) is 3.97. The number of para-hydroxylation sites is 1. The molecular formula is C58H39NOS. The summed E-state index contributed by atoms with van der Waals surface area (Å²) in [5.41, 5.74) is 17.8. The predicted octanol–water partition coefficient (Wildman–Crippen LogP) is 16.1. The first kappa shape index (κ1) is 34.6. The quantitative estimate of drug-likeness (QED) is 0.176. The molecule has 2 nitrogen and oxygen atoms in total. The van der Waals surface area contributed by atoms with Crippen LogP contribution >= 0.6 is 11.3 Å². The molecule has 3 heteroatoms. The fourth-order valence-corrected chi connectivity index (χ4v) is 12.1. The van der Waals surface area contributed by atoms with E-state index in [0.29, 0.717) is 0 Å². The van der Waals surface area contributed by atoms with Crippen LogP contribution in [0.1, 0.15) is 47.2 Å². The molecule has 0 aliphatic heterocycles. The lowest BCUT2D eigenvalue weighted by Gasteiger charge is -2.46. The maximum atomic E-state index is 6.28. The fourth-order valence-electron chi connectivity index (χ4n) is 11.0. The van der Waals surface area contributed by atoms with Crippen molar-refractivity contribution in [2.75, 3.05) is 4.90 Å². The lowest BCUT2D eigenvalue weighted by Crippen LogP contribution is -2.40. The van der Waals surface area contributed by atoms with E-state index in [2.05, 4.69) is 207 Å². The van der Waals surface area contributed by atoms with E-state index < -0.39 is 5.41 Å². The Morgan fingerprint density at radius 1 is 0.377 bits per heavy atom. The summed E-state index contributed by atoms with van der Waals surface area (Å²) in [7, 11) is 0. The Kier molecular flexibility index (Phi) is 7.19. The lowest BCUT2D eigenvalue weighted by atomic mass is 9.55. The van der Waals surface area contributed by atoms with Crippen molar-refractivity contribution in [3.8, 4) is 22.3 Å². The summed E-state index contributed by atoms with van der Waals surface area (Å²) in [6, 6.07) is 74.3. The minimum absolute atomic E-state index is 0.133. The van der Waals surface area contributed by atoms with E-state index in [4.69, 9.17) is 4.42 Å². The minimum atomic E-state index is -0.428. The highest BCUT2D eigenvalue weighted by atomic mass is 32.1. The van der Waals surface area contributed by atoms with Gasteiger partial charge in [0.1, 0.15) is 11.2 Å². The Hall–Kier alpha value is -7.20. The Morgan fingerprint density at radius 2 is 0.934 bits per heavy atom. The monoisotopic (exact) mass is 797 g/mol. The van der Waals surface area contributed by atoms with E-state index in [0.717, 1.165) is 39.0 Å². The summed E-state index contributed by atoms with van der Waals surface area (Å²) in [5, 5.41) is 4.83. The number of thiophene rings is 1. The van der Waals surface area contributed by atoms with Crippen molar-refractivity contribution in [3.05, 3.63) is 234 Å². The Morgan fingerprint density at radius 3 is 1.72 bits per heavy atom. The van der Waals surface area contributed by atoms with Crippen molar-refractivity contribution < 1.29 is 4.42 Å². The molecule has 0 fully saturated rings. The maximum absolute atomic E-state index is 6.28. The molecular weight excluding hydrogens is 759 g/mol. The summed E-state index contributed by atoms with van der Waals surface area (Å²) in [6.45, 7) is 4.77. The van der Waals surface area contributed by atoms with E-state index in [-0.39, 0.29) is 5.41 Å². The standard InChI is InChI=1S/C58H39NOS/c1-57(2)48-17-7-9-19-50(48)58(51-20-10-8-18-49(51)57)47-16-6-3-13-41(47)42-30-25-37(33-52(42)58)36-23-26-38(27-24-36)59(39-29-32-54-46(34-39)43-14-4-11-21-53(43)60-54)40-28-31-45-44-15-5-12-22-55(44)61-56(45)35-40/h3-35H,1-2H3. The van der Waals surface area contributed by atoms with Gasteiger partial charge in [0.25, 0.3) is 0 Å². The summed E-state index contributed by atoms with van der Waals surface area (Å²) < 4.78 is 8.86. The molecule has 9 aromatic carbocycles. The molecule has 0 atom stereocenters. The van der Waals surface area contributed by atoms with Gasteiger partial charge < -0.3 is 9.32 Å². The van der Waals surface area contributed by atoms with E-state index in [1.165, 1.54) is 75.8 Å². The number of nitrogens with zero attached hydrogens (tertiary/aromatic N) is 1. The molecule has 2 aromatic heterocycles. The largest absolute Gasteiger partial charge is 0.456 e. The molecule has 288 valence electrons. The summed E-state index contributed by atoms with van der Waals surface area (Å²) >= 11 is 1.85. The smallest absolute Gasteiger partial charge is 0.135 e. The van der Waals surface area contributed by atoms with Crippen LogP contribution in [0.5, 0.6) is 0 Å². The number of anilines is 3. The summed E-state index contributed by atoms with van der Waals surface area (Å²) in [6.07, 6.45) is 0. The molecule has 0 amide bonds. The van der Waals surface area contributed by atoms with Gasteiger partial charge in [-0.15, -0.1) is 11.3 Å². The van der Waals surface area contributed by atoms with Gasteiger partial charge >= 0.3 is 0 Å². The SMILES string of the molecule is CC1(C)c2ccccc2C2(c3ccccc3-c3ccc(-c4ccc(N(c5ccc6c(c5)sc5ccccc56)c5ccc6oc7ccccc7c6c5)cc4)cc32)c2ccccc21. The van der Waals surface area contributed by atoms with E-state index in [1.807, 2.05) is 23.5 Å². The van der Waals surface area contributed by atoms with Crippen LogP contribution in [0.2, 0.25) is 0 Å². The number of hydrogen-bond acceptors (Lipinski definition) is 3. The van der Waals surface area contributed by atoms with Crippen LogP contribution < -0.4 is 4.90 Å². The van der Waals surface area contributed by atoms with Crippen LogP contribution in [-0.2, 0) is 10.8 Å². The molecule has 2 aliphatic rings. The third kappa shape index (κ3) is 4.78. The van der Waals surface area contributed by atoms with Crippen LogP contribution in [0.4, 0.5) is 17.1 Å². The number of furan rings is 1. The molecule has 2 aliphatic carbocycles. The molecule has 0 unspecified atom stereocenters. The normalized spacial score (nSPS) is 14.3. The lowest BCUT2D eigenvalue weighted by molar-refractivity contribution is 0.563. The molecule has 0 saturated carbocycles. The molecule has 11 aromatic rings. The number of benzene rings is 9. The van der Waals surface area contributed by atoms with E-state index >= 15 is 0 Å². The molecule has 0 bridgehead atoms. The topological polar surface area (TPSA) is 16.4 Å². The molecule has 61 heavy (non-hydrogen) atoms. The van der Waals surface area contributed by atoms with Crippen LogP contribution in [-0.4, -0.2) is 0 Å². The van der Waals surface area contributed by atoms with Gasteiger partial charge in [0, 0.05) is 53.4 Å². The van der Waals surface area contributed by atoms with Crippen molar-refractivity contribution >= 4 is 70.5 Å².